The molecule has 6 heteroatoms. The molecule has 0 spiro atoms. The zero-order valence-corrected chi connectivity index (χ0v) is 32.4. The molecule has 9 aromatic carbocycles. The van der Waals surface area contributed by atoms with Crippen LogP contribution < -0.4 is 9.80 Å². The lowest BCUT2D eigenvalue weighted by atomic mass is 10.1. The summed E-state index contributed by atoms with van der Waals surface area (Å²) in [6.45, 7) is 0. The number of aromatic nitrogens is 3. The molecule has 0 radical (unpaired) electrons. The molecule has 0 bridgehead atoms. The molecule has 0 unspecified atom stereocenters. The van der Waals surface area contributed by atoms with E-state index in [1.54, 1.807) is 6.33 Å². The number of benzene rings is 9. The lowest BCUT2D eigenvalue weighted by molar-refractivity contribution is 0.662. The summed E-state index contributed by atoms with van der Waals surface area (Å²) in [6.07, 6.45) is 1.65. The summed E-state index contributed by atoms with van der Waals surface area (Å²) >= 11 is 0. The minimum atomic E-state index is 0.648. The van der Waals surface area contributed by atoms with Gasteiger partial charge in [0.25, 0.3) is 0 Å². The average Bonchev–Trinajstić information content (AvgIpc) is 3.85. The van der Waals surface area contributed by atoms with Gasteiger partial charge >= 0.3 is 0 Å². The van der Waals surface area contributed by atoms with Gasteiger partial charge in [0.2, 0.25) is 0 Å². The fourth-order valence-corrected chi connectivity index (χ4v) is 8.86. The van der Waals surface area contributed by atoms with E-state index >= 15 is 0 Å². The van der Waals surface area contributed by atoms with Crippen LogP contribution in [0.25, 0.3) is 71.2 Å². The fraction of sp³-hybridized carbons (Fsp3) is 0. The highest BCUT2D eigenvalue weighted by molar-refractivity contribution is 6.14. The molecule has 12 aromatic rings. The Bertz CT molecular complexity index is 3390. The quantitative estimate of drug-likeness (QED) is 0.162. The molecule has 0 amide bonds. The number of hydrogen-bond donors (Lipinski definition) is 0. The van der Waals surface area contributed by atoms with Gasteiger partial charge < -0.3 is 14.2 Å². The normalized spacial score (nSPS) is 11.7. The van der Waals surface area contributed by atoms with Crippen molar-refractivity contribution in [1.82, 2.24) is 14.5 Å². The van der Waals surface area contributed by atoms with Gasteiger partial charge in [-0.05, 0) is 119 Å². The maximum absolute atomic E-state index is 6.57. The summed E-state index contributed by atoms with van der Waals surface area (Å²) in [4.78, 5) is 14.3. The third kappa shape index (κ3) is 5.50. The van der Waals surface area contributed by atoms with E-state index in [1.807, 2.05) is 18.2 Å². The first-order chi connectivity index (χ1) is 29.7. The first-order valence-corrected chi connectivity index (χ1v) is 20.1. The van der Waals surface area contributed by atoms with Crippen molar-refractivity contribution >= 4 is 99.5 Å². The van der Waals surface area contributed by atoms with Gasteiger partial charge in [-0.2, -0.15) is 0 Å². The van der Waals surface area contributed by atoms with Gasteiger partial charge in [0.1, 0.15) is 17.4 Å². The minimum absolute atomic E-state index is 0.648. The molecule has 0 aliphatic rings. The molecule has 60 heavy (non-hydrogen) atoms. The highest BCUT2D eigenvalue weighted by Gasteiger charge is 2.23. The number of hydrogen-bond acceptors (Lipinski definition) is 5. The van der Waals surface area contributed by atoms with Gasteiger partial charge in [0.15, 0.2) is 11.4 Å². The lowest BCUT2D eigenvalue weighted by Crippen LogP contribution is -2.10. The summed E-state index contributed by atoms with van der Waals surface area (Å²) in [5.41, 5.74) is 10.6. The van der Waals surface area contributed by atoms with Crippen molar-refractivity contribution < 1.29 is 4.42 Å². The van der Waals surface area contributed by atoms with Gasteiger partial charge in [-0.15, -0.1) is 0 Å². The predicted octanol–water partition coefficient (Wildman–Crippen LogP) is 14.7. The van der Waals surface area contributed by atoms with E-state index in [0.29, 0.717) is 11.4 Å². The summed E-state index contributed by atoms with van der Waals surface area (Å²) < 4.78 is 8.80. The van der Waals surface area contributed by atoms with E-state index in [2.05, 4.69) is 202 Å². The van der Waals surface area contributed by atoms with Crippen LogP contribution in [-0.2, 0) is 0 Å². The van der Waals surface area contributed by atoms with Gasteiger partial charge in [-0.1, -0.05) is 109 Å². The number of fused-ring (bicyclic) bond motifs is 8. The number of furan rings is 1. The third-order valence-electron chi connectivity index (χ3n) is 11.6. The van der Waals surface area contributed by atoms with E-state index in [1.165, 1.54) is 21.5 Å². The number of rotatable bonds is 7. The second-order valence-electron chi connectivity index (χ2n) is 15.1. The van der Waals surface area contributed by atoms with Gasteiger partial charge in [-0.25, -0.2) is 9.97 Å². The van der Waals surface area contributed by atoms with Crippen molar-refractivity contribution in [3.05, 3.63) is 213 Å². The average molecular weight is 770 g/mol. The Kier molecular flexibility index (Phi) is 7.74. The molecule has 0 aliphatic heterocycles. The molecule has 3 heterocycles. The molecule has 0 aliphatic carbocycles. The topological polar surface area (TPSA) is 50.3 Å². The molecular formula is C54H35N5O. The minimum Gasteiger partial charge on any atom is -0.450 e. The zero-order valence-electron chi connectivity index (χ0n) is 32.4. The van der Waals surface area contributed by atoms with Crippen molar-refractivity contribution in [2.75, 3.05) is 9.80 Å². The second-order valence-corrected chi connectivity index (χ2v) is 15.1. The molecule has 0 fully saturated rings. The van der Waals surface area contributed by atoms with Crippen molar-refractivity contribution in [3.8, 4) is 5.82 Å². The third-order valence-corrected chi connectivity index (χ3v) is 11.6. The Morgan fingerprint density at radius 3 is 1.40 bits per heavy atom. The van der Waals surface area contributed by atoms with Crippen molar-refractivity contribution in [2.45, 2.75) is 0 Å². The summed E-state index contributed by atoms with van der Waals surface area (Å²) in [6, 6.07) is 73.1. The van der Waals surface area contributed by atoms with Crippen LogP contribution in [0.2, 0.25) is 0 Å². The summed E-state index contributed by atoms with van der Waals surface area (Å²) in [5, 5.41) is 7.91. The maximum atomic E-state index is 6.57. The Balaban J connectivity index is 1.13. The predicted molar refractivity (Wildman–Crippen MR) is 248 cm³/mol. The Hall–Kier alpha value is -8.22. The van der Waals surface area contributed by atoms with Gasteiger partial charge in [-0.3, -0.25) is 4.57 Å². The summed E-state index contributed by atoms with van der Waals surface area (Å²) in [5.74, 6) is 0.695. The molecule has 0 atom stereocenters. The van der Waals surface area contributed by atoms with Crippen LogP contribution in [0.5, 0.6) is 0 Å². The maximum Gasteiger partial charge on any atom is 0.197 e. The monoisotopic (exact) mass is 769 g/mol. The van der Waals surface area contributed by atoms with Crippen LogP contribution in [-0.4, -0.2) is 14.5 Å². The fourth-order valence-electron chi connectivity index (χ4n) is 8.86. The standard InChI is InChI=1S/C54H35N5O/c1-3-17-40(18-4-1)57(42-25-23-36-13-7-9-15-38(36)31-42)44-27-29-49-47(33-44)48-34-45(58(41-19-5-2-6-20-41)43-26-24-37-14-8-10-16-39(37)32-43)28-30-50(48)59(49)54-53-52(55-35-56-54)46-21-11-12-22-51(46)60-53/h1-35H. The van der Waals surface area contributed by atoms with E-state index < -0.39 is 0 Å². The lowest BCUT2D eigenvalue weighted by Gasteiger charge is -2.26. The molecule has 6 nitrogen and oxygen atoms in total. The van der Waals surface area contributed by atoms with Crippen LogP contribution in [0.3, 0.4) is 0 Å². The largest absolute Gasteiger partial charge is 0.450 e. The number of anilines is 6. The molecule has 0 saturated heterocycles. The van der Waals surface area contributed by atoms with Crippen LogP contribution in [0.4, 0.5) is 34.1 Å². The smallest absolute Gasteiger partial charge is 0.197 e. The summed E-state index contributed by atoms with van der Waals surface area (Å²) in [7, 11) is 0. The van der Waals surface area contributed by atoms with Crippen LogP contribution in [0.15, 0.2) is 217 Å². The zero-order chi connectivity index (χ0) is 39.6. The molecular weight excluding hydrogens is 735 g/mol. The Labute approximate surface area is 345 Å². The van der Waals surface area contributed by atoms with Crippen LogP contribution in [0, 0.1) is 0 Å². The van der Waals surface area contributed by atoms with E-state index in [-0.39, 0.29) is 0 Å². The van der Waals surface area contributed by atoms with Crippen LogP contribution >= 0.6 is 0 Å². The Morgan fingerprint density at radius 1 is 0.367 bits per heavy atom. The molecule has 12 rings (SSSR count). The van der Waals surface area contributed by atoms with Gasteiger partial charge in [0, 0.05) is 50.3 Å². The Morgan fingerprint density at radius 2 is 0.833 bits per heavy atom. The SMILES string of the molecule is c1ccc(N(c2ccc3ccccc3c2)c2ccc3c(c2)c2cc(N(c4ccccc4)c4ccc5ccccc5c4)ccc2n3-c2ncnc3c2oc2ccccc23)cc1. The molecule has 0 saturated carbocycles. The molecule has 3 aromatic heterocycles. The second kappa shape index (κ2) is 13.7. The first-order valence-electron chi connectivity index (χ1n) is 20.1. The van der Waals surface area contributed by atoms with Crippen molar-refractivity contribution in [1.29, 1.82) is 0 Å². The van der Waals surface area contributed by atoms with Crippen LogP contribution in [0.1, 0.15) is 0 Å². The van der Waals surface area contributed by atoms with E-state index in [9.17, 15) is 0 Å². The number of para-hydroxylation sites is 3. The van der Waals surface area contributed by atoms with Crippen molar-refractivity contribution in [3.63, 3.8) is 0 Å². The van der Waals surface area contributed by atoms with E-state index in [4.69, 9.17) is 14.4 Å². The highest BCUT2D eigenvalue weighted by Crippen LogP contribution is 2.44. The number of nitrogens with zero attached hydrogens (tertiary/aromatic N) is 5. The first kappa shape index (κ1) is 33.9. The van der Waals surface area contributed by atoms with Gasteiger partial charge in [0.05, 0.1) is 11.0 Å². The molecule has 282 valence electrons. The van der Waals surface area contributed by atoms with Crippen molar-refractivity contribution in [2.24, 2.45) is 0 Å². The van der Waals surface area contributed by atoms with E-state index in [0.717, 1.165) is 72.4 Å². The molecule has 0 N–H and O–H groups in total. The highest BCUT2D eigenvalue weighted by atomic mass is 16.3.